The topological polar surface area (TPSA) is 84.5 Å². The zero-order chi connectivity index (χ0) is 21.0. The number of methoxy groups -OCH3 is 1. The van der Waals surface area contributed by atoms with Gasteiger partial charge in [-0.3, -0.25) is 9.52 Å². The van der Waals surface area contributed by atoms with Gasteiger partial charge in [0.15, 0.2) is 0 Å². The van der Waals surface area contributed by atoms with E-state index in [1.165, 1.54) is 12.1 Å². The van der Waals surface area contributed by atoms with E-state index in [4.69, 9.17) is 4.74 Å². The number of carbonyl (C=O) groups is 1. The van der Waals surface area contributed by atoms with Gasteiger partial charge in [0.2, 0.25) is 0 Å². The normalized spacial score (nSPS) is 11.0. The molecule has 0 aliphatic rings. The van der Waals surface area contributed by atoms with Gasteiger partial charge in [0.25, 0.3) is 15.9 Å². The first kappa shape index (κ1) is 20.9. The van der Waals surface area contributed by atoms with Gasteiger partial charge in [-0.2, -0.15) is 0 Å². The molecule has 0 atom stereocenters. The van der Waals surface area contributed by atoms with Crippen molar-refractivity contribution in [3.05, 3.63) is 82.3 Å². The van der Waals surface area contributed by atoms with Crippen LogP contribution in [0.2, 0.25) is 0 Å². The Morgan fingerprint density at radius 1 is 1.00 bits per heavy atom. The summed E-state index contributed by atoms with van der Waals surface area (Å²) in [5.41, 5.74) is 2.03. The van der Waals surface area contributed by atoms with Gasteiger partial charge < -0.3 is 10.1 Å². The lowest BCUT2D eigenvalue weighted by atomic mass is 10.1. The van der Waals surface area contributed by atoms with E-state index in [-0.39, 0.29) is 10.8 Å². The van der Waals surface area contributed by atoms with E-state index >= 15 is 0 Å². The Kier molecular flexibility index (Phi) is 6.24. The summed E-state index contributed by atoms with van der Waals surface area (Å²) in [7, 11) is -2.18. The highest BCUT2D eigenvalue weighted by molar-refractivity contribution is 9.10. The maximum Gasteiger partial charge on any atom is 0.261 e. The summed E-state index contributed by atoms with van der Waals surface area (Å²) >= 11 is 3.36. The van der Waals surface area contributed by atoms with Crippen LogP contribution in [0.15, 0.2) is 76.1 Å². The summed E-state index contributed by atoms with van der Waals surface area (Å²) in [6.45, 7) is 1.79. The molecule has 29 heavy (non-hydrogen) atoms. The molecule has 0 aliphatic carbocycles. The maximum absolute atomic E-state index is 12.6. The van der Waals surface area contributed by atoms with E-state index in [0.29, 0.717) is 27.2 Å². The molecule has 1 amide bonds. The van der Waals surface area contributed by atoms with Crippen molar-refractivity contribution < 1.29 is 17.9 Å². The highest BCUT2D eigenvalue weighted by Gasteiger charge is 2.16. The minimum absolute atomic E-state index is 0.164. The van der Waals surface area contributed by atoms with Gasteiger partial charge in [-0.25, -0.2) is 8.42 Å². The fraction of sp³-hybridized carbons (Fsp3) is 0.0952. The van der Waals surface area contributed by atoms with Crippen molar-refractivity contribution in [3.63, 3.8) is 0 Å². The first-order valence-electron chi connectivity index (χ1n) is 8.63. The number of rotatable bonds is 6. The number of carbonyl (C=O) groups excluding carboxylic acids is 1. The number of hydrogen-bond acceptors (Lipinski definition) is 4. The SMILES string of the molecule is COc1ccc(C(=O)Nc2ccc(C)c(NS(=O)(=O)c3ccccc3)c2)cc1Br. The molecule has 150 valence electrons. The van der Waals surface area contributed by atoms with Crippen molar-refractivity contribution in [2.24, 2.45) is 0 Å². The largest absolute Gasteiger partial charge is 0.496 e. The average Bonchev–Trinajstić information content (AvgIpc) is 2.71. The number of halogens is 1. The number of amides is 1. The summed E-state index contributed by atoms with van der Waals surface area (Å²) < 4.78 is 33.6. The molecule has 0 unspecified atom stereocenters. The van der Waals surface area contributed by atoms with Crippen LogP contribution in [-0.2, 0) is 10.0 Å². The highest BCUT2D eigenvalue weighted by atomic mass is 79.9. The monoisotopic (exact) mass is 474 g/mol. The molecule has 0 radical (unpaired) electrons. The quantitative estimate of drug-likeness (QED) is 0.536. The van der Waals surface area contributed by atoms with Crippen LogP contribution >= 0.6 is 15.9 Å². The van der Waals surface area contributed by atoms with Crippen LogP contribution in [-0.4, -0.2) is 21.4 Å². The Bertz CT molecular complexity index is 1150. The smallest absolute Gasteiger partial charge is 0.261 e. The van der Waals surface area contributed by atoms with E-state index in [9.17, 15) is 13.2 Å². The van der Waals surface area contributed by atoms with Gasteiger partial charge >= 0.3 is 0 Å². The number of benzene rings is 3. The molecule has 0 aromatic heterocycles. The minimum atomic E-state index is -3.73. The van der Waals surface area contributed by atoms with Gasteiger partial charge in [-0.1, -0.05) is 24.3 Å². The molecule has 3 aromatic carbocycles. The zero-order valence-electron chi connectivity index (χ0n) is 15.8. The Labute approximate surface area is 178 Å². The van der Waals surface area contributed by atoms with Crippen LogP contribution in [0.25, 0.3) is 0 Å². The number of ether oxygens (including phenoxy) is 1. The molecule has 3 rings (SSSR count). The van der Waals surface area contributed by atoms with Gasteiger partial charge in [-0.05, 0) is 70.9 Å². The molecule has 8 heteroatoms. The summed E-state index contributed by atoms with van der Waals surface area (Å²) in [5.74, 6) is 0.295. The second-order valence-electron chi connectivity index (χ2n) is 6.25. The Hall–Kier alpha value is -2.84. The van der Waals surface area contributed by atoms with E-state index in [1.807, 2.05) is 0 Å². The van der Waals surface area contributed by atoms with Crippen LogP contribution < -0.4 is 14.8 Å². The molecule has 0 bridgehead atoms. The Morgan fingerprint density at radius 2 is 1.72 bits per heavy atom. The standard InChI is InChI=1S/C21H19BrN2O4S/c1-14-8-10-16(23-21(25)15-9-11-20(28-2)18(22)12-15)13-19(14)24-29(26,27)17-6-4-3-5-7-17/h3-13,24H,1-2H3,(H,23,25). The molecule has 2 N–H and O–H groups in total. The lowest BCUT2D eigenvalue weighted by Crippen LogP contribution is -2.15. The van der Waals surface area contributed by atoms with Crippen LogP contribution in [0.1, 0.15) is 15.9 Å². The molecule has 0 aliphatic heterocycles. The fourth-order valence-electron chi connectivity index (χ4n) is 2.62. The molecule has 0 fully saturated rings. The van der Waals surface area contributed by atoms with E-state index < -0.39 is 10.0 Å². The lowest BCUT2D eigenvalue weighted by Gasteiger charge is -2.13. The minimum Gasteiger partial charge on any atom is -0.496 e. The van der Waals surface area contributed by atoms with Crippen molar-refractivity contribution in [1.82, 2.24) is 0 Å². The fourth-order valence-corrected chi connectivity index (χ4v) is 4.31. The van der Waals surface area contributed by atoms with Crippen molar-refractivity contribution in [2.45, 2.75) is 11.8 Å². The average molecular weight is 475 g/mol. The van der Waals surface area contributed by atoms with Crippen LogP contribution in [0.3, 0.4) is 0 Å². The number of anilines is 2. The third kappa shape index (κ3) is 4.96. The summed E-state index contributed by atoms with van der Waals surface area (Å²) in [5, 5.41) is 2.78. The molecular formula is C21H19BrN2O4S. The van der Waals surface area contributed by atoms with Crippen molar-refractivity contribution in [2.75, 3.05) is 17.1 Å². The van der Waals surface area contributed by atoms with E-state index in [1.54, 1.807) is 68.6 Å². The molecule has 6 nitrogen and oxygen atoms in total. The third-order valence-corrected chi connectivity index (χ3v) is 6.21. The summed E-state index contributed by atoms with van der Waals surface area (Å²) in [4.78, 5) is 12.7. The number of hydrogen-bond donors (Lipinski definition) is 2. The zero-order valence-corrected chi connectivity index (χ0v) is 18.2. The summed E-state index contributed by atoms with van der Waals surface area (Å²) in [6.07, 6.45) is 0. The Balaban J connectivity index is 1.82. The van der Waals surface area contributed by atoms with Crippen LogP contribution in [0.5, 0.6) is 5.75 Å². The van der Waals surface area contributed by atoms with E-state index in [0.717, 1.165) is 5.56 Å². The number of aryl methyl sites for hydroxylation is 1. The van der Waals surface area contributed by atoms with Crippen molar-refractivity contribution in [1.29, 1.82) is 0 Å². The summed E-state index contributed by atoms with van der Waals surface area (Å²) in [6, 6.07) is 18.1. The van der Waals surface area contributed by atoms with Gasteiger partial charge in [0, 0.05) is 11.3 Å². The van der Waals surface area contributed by atoms with Crippen molar-refractivity contribution >= 4 is 43.2 Å². The number of sulfonamides is 1. The van der Waals surface area contributed by atoms with E-state index in [2.05, 4.69) is 26.0 Å². The molecule has 0 heterocycles. The molecule has 0 saturated carbocycles. The number of nitrogens with one attached hydrogen (secondary N) is 2. The highest BCUT2D eigenvalue weighted by Crippen LogP contribution is 2.27. The first-order chi connectivity index (χ1) is 13.8. The third-order valence-electron chi connectivity index (χ3n) is 4.21. The van der Waals surface area contributed by atoms with Gasteiger partial charge in [0.05, 0.1) is 22.2 Å². The second kappa shape index (κ2) is 8.67. The lowest BCUT2D eigenvalue weighted by molar-refractivity contribution is 0.102. The Morgan fingerprint density at radius 3 is 2.38 bits per heavy atom. The van der Waals surface area contributed by atoms with Gasteiger partial charge in [0.1, 0.15) is 5.75 Å². The molecule has 3 aromatic rings. The predicted octanol–water partition coefficient (Wildman–Crippen LogP) is 4.82. The second-order valence-corrected chi connectivity index (χ2v) is 8.79. The van der Waals surface area contributed by atoms with Crippen LogP contribution in [0, 0.1) is 6.92 Å². The maximum atomic E-state index is 12.6. The molecular weight excluding hydrogens is 456 g/mol. The van der Waals surface area contributed by atoms with Crippen LogP contribution in [0.4, 0.5) is 11.4 Å². The predicted molar refractivity (Wildman–Crippen MR) is 117 cm³/mol. The molecule has 0 spiro atoms. The van der Waals surface area contributed by atoms with Crippen molar-refractivity contribution in [3.8, 4) is 5.75 Å². The molecule has 0 saturated heterocycles. The first-order valence-corrected chi connectivity index (χ1v) is 10.9. The van der Waals surface area contributed by atoms with Gasteiger partial charge in [-0.15, -0.1) is 0 Å².